The van der Waals surface area contributed by atoms with Crippen LogP contribution < -0.4 is 14.8 Å². The van der Waals surface area contributed by atoms with Crippen molar-refractivity contribution in [2.24, 2.45) is 0 Å². The van der Waals surface area contributed by atoms with E-state index in [4.69, 9.17) is 9.47 Å². The normalized spacial score (nSPS) is 14.1. The summed E-state index contributed by atoms with van der Waals surface area (Å²) >= 11 is 0. The van der Waals surface area contributed by atoms with Crippen LogP contribution in [-0.2, 0) is 13.0 Å². The lowest BCUT2D eigenvalue weighted by atomic mass is 10.1. The Morgan fingerprint density at radius 2 is 1.90 bits per heavy atom. The van der Waals surface area contributed by atoms with Crippen molar-refractivity contribution >= 4 is 0 Å². The van der Waals surface area contributed by atoms with Crippen molar-refractivity contribution in [3.63, 3.8) is 0 Å². The van der Waals surface area contributed by atoms with Gasteiger partial charge in [0, 0.05) is 18.2 Å². The Hall–Kier alpha value is -2.04. The molecule has 3 rings (SSSR count). The molecule has 4 heteroatoms. The summed E-state index contributed by atoms with van der Waals surface area (Å²) in [5.41, 5.74) is 2.26. The fourth-order valence-corrected chi connectivity index (χ4v) is 2.48. The number of hydrogen-bond donors (Lipinski definition) is 2. The maximum Gasteiger partial charge on any atom is 0.231 e. The smallest absolute Gasteiger partial charge is 0.231 e. The van der Waals surface area contributed by atoms with Gasteiger partial charge in [-0.05, 0) is 18.1 Å². The standard InChI is InChI=1S/C17H19NO3/c19-11-15(9-13-5-2-1-3-6-13)18-10-14-7-4-8-16-17(14)21-12-20-16/h1-8,15,18-19H,9-12H2. The van der Waals surface area contributed by atoms with Gasteiger partial charge in [0.25, 0.3) is 0 Å². The third kappa shape index (κ3) is 3.35. The Kier molecular flexibility index (Phi) is 4.38. The highest BCUT2D eigenvalue weighted by Gasteiger charge is 2.17. The van der Waals surface area contributed by atoms with E-state index in [0.29, 0.717) is 6.54 Å². The number of hydrogen-bond acceptors (Lipinski definition) is 4. The molecule has 2 aromatic carbocycles. The van der Waals surface area contributed by atoms with Crippen molar-refractivity contribution in [3.8, 4) is 11.5 Å². The predicted octanol–water partition coefficient (Wildman–Crippen LogP) is 2.11. The van der Waals surface area contributed by atoms with Crippen molar-refractivity contribution in [1.82, 2.24) is 5.32 Å². The van der Waals surface area contributed by atoms with Crippen molar-refractivity contribution < 1.29 is 14.6 Å². The molecule has 0 amide bonds. The molecule has 1 aliphatic rings. The van der Waals surface area contributed by atoms with Gasteiger partial charge in [-0.1, -0.05) is 42.5 Å². The lowest BCUT2D eigenvalue weighted by Gasteiger charge is -2.17. The molecule has 2 N–H and O–H groups in total. The van der Waals surface area contributed by atoms with Gasteiger partial charge in [-0.2, -0.15) is 0 Å². The first-order valence-electron chi connectivity index (χ1n) is 7.12. The van der Waals surface area contributed by atoms with Crippen LogP contribution in [0.3, 0.4) is 0 Å². The average molecular weight is 285 g/mol. The second-order valence-corrected chi connectivity index (χ2v) is 5.10. The molecule has 0 aliphatic carbocycles. The molecule has 4 nitrogen and oxygen atoms in total. The summed E-state index contributed by atoms with van der Waals surface area (Å²) in [7, 11) is 0. The van der Waals surface area contributed by atoms with Crippen molar-refractivity contribution in [2.75, 3.05) is 13.4 Å². The van der Waals surface area contributed by atoms with Crippen molar-refractivity contribution in [2.45, 2.75) is 19.0 Å². The van der Waals surface area contributed by atoms with Crippen molar-refractivity contribution in [1.29, 1.82) is 0 Å². The number of nitrogens with one attached hydrogen (secondary N) is 1. The molecule has 0 bridgehead atoms. The number of aliphatic hydroxyl groups is 1. The van der Waals surface area contributed by atoms with E-state index < -0.39 is 0 Å². The van der Waals surface area contributed by atoms with Gasteiger partial charge in [-0.15, -0.1) is 0 Å². The Morgan fingerprint density at radius 3 is 2.71 bits per heavy atom. The van der Waals surface area contributed by atoms with Gasteiger partial charge in [0.2, 0.25) is 6.79 Å². The molecule has 1 unspecified atom stereocenters. The van der Waals surface area contributed by atoms with E-state index in [0.717, 1.165) is 23.5 Å². The molecule has 0 spiro atoms. The zero-order valence-corrected chi connectivity index (χ0v) is 11.8. The molecule has 0 radical (unpaired) electrons. The Balaban J connectivity index is 1.62. The quantitative estimate of drug-likeness (QED) is 0.853. The molecular formula is C17H19NO3. The Bertz CT molecular complexity index is 586. The van der Waals surface area contributed by atoms with Crippen LogP contribution in [0.25, 0.3) is 0 Å². The number of benzene rings is 2. The number of ether oxygens (including phenoxy) is 2. The molecule has 0 fully saturated rings. The van der Waals surface area contributed by atoms with E-state index in [-0.39, 0.29) is 19.4 Å². The summed E-state index contributed by atoms with van der Waals surface area (Å²) < 4.78 is 10.9. The molecule has 0 saturated heterocycles. The van der Waals surface area contributed by atoms with Gasteiger partial charge in [0.05, 0.1) is 6.61 Å². The third-order valence-electron chi connectivity index (χ3n) is 3.60. The molecule has 110 valence electrons. The molecule has 0 aromatic heterocycles. The van der Waals surface area contributed by atoms with E-state index in [2.05, 4.69) is 17.4 Å². The maximum absolute atomic E-state index is 9.54. The summed E-state index contributed by atoms with van der Waals surface area (Å²) in [6.45, 7) is 1.02. The molecule has 1 aliphatic heterocycles. The lowest BCUT2D eigenvalue weighted by Crippen LogP contribution is -2.34. The first-order chi connectivity index (χ1) is 10.4. The monoisotopic (exact) mass is 285 g/mol. The molecule has 2 aromatic rings. The van der Waals surface area contributed by atoms with Gasteiger partial charge >= 0.3 is 0 Å². The van der Waals surface area contributed by atoms with Crippen LogP contribution in [-0.4, -0.2) is 24.5 Å². The average Bonchev–Trinajstić information content (AvgIpc) is 3.01. The van der Waals surface area contributed by atoms with Crippen molar-refractivity contribution in [3.05, 3.63) is 59.7 Å². The van der Waals surface area contributed by atoms with Crippen LogP contribution in [0, 0.1) is 0 Å². The minimum atomic E-state index is 0.0191. The Morgan fingerprint density at radius 1 is 1.05 bits per heavy atom. The van der Waals surface area contributed by atoms with Gasteiger partial charge < -0.3 is 19.9 Å². The van der Waals surface area contributed by atoms with Gasteiger partial charge in [0.15, 0.2) is 11.5 Å². The van der Waals surface area contributed by atoms with E-state index in [1.807, 2.05) is 36.4 Å². The molecule has 0 saturated carbocycles. The lowest BCUT2D eigenvalue weighted by molar-refractivity contribution is 0.173. The largest absolute Gasteiger partial charge is 0.454 e. The summed E-state index contributed by atoms with van der Waals surface area (Å²) in [4.78, 5) is 0. The zero-order valence-electron chi connectivity index (χ0n) is 11.8. The number of para-hydroxylation sites is 1. The molecular weight excluding hydrogens is 266 g/mol. The van der Waals surface area contributed by atoms with E-state index in [1.54, 1.807) is 0 Å². The fourth-order valence-electron chi connectivity index (χ4n) is 2.48. The molecule has 1 atom stereocenters. The van der Waals surface area contributed by atoms with E-state index >= 15 is 0 Å². The summed E-state index contributed by atoms with van der Waals surface area (Å²) in [5.74, 6) is 1.60. The first-order valence-corrected chi connectivity index (χ1v) is 7.12. The van der Waals surface area contributed by atoms with Crippen LogP contribution in [0.5, 0.6) is 11.5 Å². The van der Waals surface area contributed by atoms with Gasteiger partial charge in [-0.3, -0.25) is 0 Å². The zero-order chi connectivity index (χ0) is 14.5. The minimum absolute atomic E-state index is 0.0191. The maximum atomic E-state index is 9.54. The van der Waals surface area contributed by atoms with Crippen LogP contribution >= 0.6 is 0 Å². The SMILES string of the molecule is OCC(Cc1ccccc1)NCc1cccc2c1OCO2. The summed E-state index contributed by atoms with van der Waals surface area (Å²) in [6, 6.07) is 16.0. The Labute approximate surface area is 124 Å². The number of aliphatic hydroxyl groups excluding tert-OH is 1. The number of fused-ring (bicyclic) bond motifs is 1. The second-order valence-electron chi connectivity index (χ2n) is 5.10. The molecule has 1 heterocycles. The highest BCUT2D eigenvalue weighted by Crippen LogP contribution is 2.35. The first kappa shape index (κ1) is 13.9. The van der Waals surface area contributed by atoms with Crippen LogP contribution in [0.2, 0.25) is 0 Å². The molecule has 21 heavy (non-hydrogen) atoms. The number of rotatable bonds is 6. The highest BCUT2D eigenvalue weighted by atomic mass is 16.7. The van der Waals surface area contributed by atoms with Crippen LogP contribution in [0.15, 0.2) is 48.5 Å². The van der Waals surface area contributed by atoms with Crippen LogP contribution in [0.1, 0.15) is 11.1 Å². The third-order valence-corrected chi connectivity index (χ3v) is 3.60. The fraction of sp³-hybridized carbons (Fsp3) is 0.294. The van der Waals surface area contributed by atoms with Crippen LogP contribution in [0.4, 0.5) is 0 Å². The minimum Gasteiger partial charge on any atom is -0.454 e. The van der Waals surface area contributed by atoms with E-state index in [9.17, 15) is 5.11 Å². The summed E-state index contributed by atoms with van der Waals surface area (Å²) in [6.07, 6.45) is 0.795. The highest BCUT2D eigenvalue weighted by molar-refractivity contribution is 5.48. The second kappa shape index (κ2) is 6.61. The van der Waals surface area contributed by atoms with E-state index in [1.165, 1.54) is 5.56 Å². The topological polar surface area (TPSA) is 50.7 Å². The summed E-state index contributed by atoms with van der Waals surface area (Å²) in [5, 5.41) is 12.9. The predicted molar refractivity (Wildman–Crippen MR) is 80.4 cm³/mol. The van der Waals surface area contributed by atoms with Gasteiger partial charge in [0.1, 0.15) is 0 Å². The van der Waals surface area contributed by atoms with Gasteiger partial charge in [-0.25, -0.2) is 0 Å².